The van der Waals surface area contributed by atoms with E-state index >= 15 is 0 Å². The summed E-state index contributed by atoms with van der Waals surface area (Å²) >= 11 is 0. The van der Waals surface area contributed by atoms with E-state index in [4.69, 9.17) is 0 Å². The number of hydrogen-bond acceptors (Lipinski definition) is 1. The molecule has 0 N–H and O–H groups in total. The zero-order valence-corrected chi connectivity index (χ0v) is 9.73. The fourth-order valence-corrected chi connectivity index (χ4v) is 2.27. The van der Waals surface area contributed by atoms with E-state index in [1.807, 2.05) is 0 Å². The Balaban J connectivity index is 2.94. The zero-order chi connectivity index (χ0) is 10.6. The maximum atomic E-state index is 11.0. The molecule has 0 aliphatic heterocycles. The summed E-state index contributed by atoms with van der Waals surface area (Å²) in [4.78, 5) is 11.0. The van der Waals surface area contributed by atoms with Gasteiger partial charge in [0.1, 0.15) is 6.29 Å². The van der Waals surface area contributed by atoms with E-state index in [-0.39, 0.29) is 5.41 Å². The van der Waals surface area contributed by atoms with Crippen molar-refractivity contribution in [2.24, 2.45) is 5.41 Å². The van der Waals surface area contributed by atoms with Crippen LogP contribution >= 0.6 is 0 Å². The largest absolute Gasteiger partial charge is 0.298 e. The van der Waals surface area contributed by atoms with Gasteiger partial charge in [-0.3, -0.25) is 4.79 Å². The van der Waals surface area contributed by atoms with Gasteiger partial charge >= 0.3 is 0 Å². The Hall–Kier alpha value is -0.590. The standard InChI is InChI=1S/C13H22O/c1-13(2,3)12-9-7-5-4-6-8-11(12)10-14/h10H,4-9H2,1-3H3/b12-11-. The third kappa shape index (κ3) is 2.97. The van der Waals surface area contributed by atoms with Crippen molar-refractivity contribution in [1.82, 2.24) is 0 Å². The van der Waals surface area contributed by atoms with Crippen molar-refractivity contribution in [1.29, 1.82) is 0 Å². The van der Waals surface area contributed by atoms with Crippen LogP contribution in [0.15, 0.2) is 11.1 Å². The minimum atomic E-state index is 0.174. The summed E-state index contributed by atoms with van der Waals surface area (Å²) in [5, 5.41) is 0. The molecule has 1 aliphatic rings. The van der Waals surface area contributed by atoms with Crippen LogP contribution in [-0.2, 0) is 4.79 Å². The molecule has 0 amide bonds. The molecular formula is C13H22O. The van der Waals surface area contributed by atoms with Gasteiger partial charge in [-0.2, -0.15) is 0 Å². The quantitative estimate of drug-likeness (QED) is 0.579. The van der Waals surface area contributed by atoms with Crippen molar-refractivity contribution >= 4 is 6.29 Å². The molecule has 0 saturated carbocycles. The predicted octanol–water partition coefficient (Wildman–Crippen LogP) is 3.88. The topological polar surface area (TPSA) is 17.1 Å². The first kappa shape index (κ1) is 11.5. The van der Waals surface area contributed by atoms with E-state index in [1.165, 1.54) is 31.3 Å². The van der Waals surface area contributed by atoms with Gasteiger partial charge in [-0.25, -0.2) is 0 Å². The van der Waals surface area contributed by atoms with Gasteiger partial charge in [-0.1, -0.05) is 39.2 Å². The normalized spacial score (nSPS) is 25.4. The molecule has 0 aromatic rings. The first-order valence-electron chi connectivity index (χ1n) is 5.73. The molecule has 0 atom stereocenters. The molecule has 0 bridgehead atoms. The van der Waals surface area contributed by atoms with E-state index in [2.05, 4.69) is 20.8 Å². The first-order chi connectivity index (χ1) is 6.55. The lowest BCUT2D eigenvalue weighted by Crippen LogP contribution is -2.14. The fraction of sp³-hybridized carbons (Fsp3) is 0.769. The predicted molar refractivity (Wildman–Crippen MR) is 60.2 cm³/mol. The lowest BCUT2D eigenvalue weighted by molar-refractivity contribution is -0.105. The van der Waals surface area contributed by atoms with E-state index < -0.39 is 0 Å². The van der Waals surface area contributed by atoms with Crippen molar-refractivity contribution in [2.75, 3.05) is 0 Å². The van der Waals surface area contributed by atoms with Crippen molar-refractivity contribution in [3.8, 4) is 0 Å². The molecule has 1 heteroatoms. The summed E-state index contributed by atoms with van der Waals surface area (Å²) in [6.45, 7) is 6.65. The highest BCUT2D eigenvalue weighted by Gasteiger charge is 2.21. The van der Waals surface area contributed by atoms with Gasteiger partial charge < -0.3 is 0 Å². The second kappa shape index (κ2) is 4.77. The van der Waals surface area contributed by atoms with E-state index in [9.17, 15) is 4.79 Å². The smallest absolute Gasteiger partial charge is 0.145 e. The summed E-state index contributed by atoms with van der Waals surface area (Å²) in [6, 6.07) is 0. The van der Waals surface area contributed by atoms with Crippen molar-refractivity contribution < 1.29 is 4.79 Å². The second-order valence-corrected chi connectivity index (χ2v) is 5.29. The third-order valence-electron chi connectivity index (χ3n) is 3.06. The number of carbonyl (C=O) groups excluding carboxylic acids is 1. The van der Waals surface area contributed by atoms with Crippen LogP contribution in [-0.4, -0.2) is 6.29 Å². The Morgan fingerprint density at radius 3 is 2.07 bits per heavy atom. The molecule has 0 aromatic carbocycles. The summed E-state index contributed by atoms with van der Waals surface area (Å²) in [5.41, 5.74) is 2.65. The molecule has 80 valence electrons. The molecule has 0 fully saturated rings. The molecule has 0 spiro atoms. The number of rotatable bonds is 1. The van der Waals surface area contributed by atoms with Crippen LogP contribution in [0, 0.1) is 5.41 Å². The average Bonchev–Trinajstić information content (AvgIpc) is 2.01. The highest BCUT2D eigenvalue weighted by atomic mass is 16.1. The summed E-state index contributed by atoms with van der Waals surface area (Å²) in [7, 11) is 0. The number of aldehydes is 1. The monoisotopic (exact) mass is 194 g/mol. The van der Waals surface area contributed by atoms with Gasteiger partial charge in [-0.15, -0.1) is 0 Å². The highest BCUT2D eigenvalue weighted by Crippen LogP contribution is 2.34. The number of allylic oxidation sites excluding steroid dienone is 2. The average molecular weight is 194 g/mol. The molecule has 1 rings (SSSR count). The Labute approximate surface area is 87.6 Å². The first-order valence-corrected chi connectivity index (χ1v) is 5.73. The summed E-state index contributed by atoms with van der Waals surface area (Å²) in [6.07, 6.45) is 8.26. The van der Waals surface area contributed by atoms with Crippen LogP contribution in [0.2, 0.25) is 0 Å². The van der Waals surface area contributed by atoms with Gasteiger partial charge in [-0.05, 0) is 36.7 Å². The molecule has 0 unspecified atom stereocenters. The minimum absolute atomic E-state index is 0.174. The summed E-state index contributed by atoms with van der Waals surface area (Å²) in [5.74, 6) is 0. The summed E-state index contributed by atoms with van der Waals surface area (Å²) < 4.78 is 0. The van der Waals surface area contributed by atoms with Crippen molar-refractivity contribution in [2.45, 2.75) is 59.3 Å². The van der Waals surface area contributed by atoms with Gasteiger partial charge in [0.2, 0.25) is 0 Å². The van der Waals surface area contributed by atoms with Crippen LogP contribution in [0.5, 0.6) is 0 Å². The third-order valence-corrected chi connectivity index (χ3v) is 3.06. The molecule has 14 heavy (non-hydrogen) atoms. The zero-order valence-electron chi connectivity index (χ0n) is 9.73. The SMILES string of the molecule is CC(C)(C)/C1=C(\C=O)CCCCCC1. The molecule has 1 nitrogen and oxygen atoms in total. The Morgan fingerprint density at radius 1 is 1.00 bits per heavy atom. The molecule has 0 aromatic heterocycles. The minimum Gasteiger partial charge on any atom is -0.298 e. The molecule has 0 radical (unpaired) electrons. The number of carbonyl (C=O) groups is 1. The van der Waals surface area contributed by atoms with Crippen LogP contribution in [0.3, 0.4) is 0 Å². The maximum Gasteiger partial charge on any atom is 0.145 e. The Kier molecular flexibility index (Phi) is 3.91. The maximum absolute atomic E-state index is 11.0. The van der Waals surface area contributed by atoms with E-state index in [0.29, 0.717) is 0 Å². The van der Waals surface area contributed by atoms with Gasteiger partial charge in [0.05, 0.1) is 0 Å². The van der Waals surface area contributed by atoms with Crippen LogP contribution in [0.25, 0.3) is 0 Å². The molecule has 0 saturated heterocycles. The number of hydrogen-bond donors (Lipinski definition) is 0. The van der Waals surface area contributed by atoms with Crippen molar-refractivity contribution in [3.63, 3.8) is 0 Å². The fourth-order valence-electron chi connectivity index (χ4n) is 2.27. The second-order valence-electron chi connectivity index (χ2n) is 5.29. The molecule has 0 heterocycles. The Bertz CT molecular complexity index is 230. The van der Waals surface area contributed by atoms with Crippen LogP contribution < -0.4 is 0 Å². The van der Waals surface area contributed by atoms with E-state index in [0.717, 1.165) is 24.7 Å². The van der Waals surface area contributed by atoms with Gasteiger partial charge in [0, 0.05) is 0 Å². The van der Waals surface area contributed by atoms with Crippen LogP contribution in [0.4, 0.5) is 0 Å². The lowest BCUT2D eigenvalue weighted by Gasteiger charge is -2.27. The Morgan fingerprint density at radius 2 is 1.57 bits per heavy atom. The van der Waals surface area contributed by atoms with Gasteiger partial charge in [0.15, 0.2) is 0 Å². The highest BCUT2D eigenvalue weighted by molar-refractivity contribution is 5.75. The molecule has 1 aliphatic carbocycles. The van der Waals surface area contributed by atoms with E-state index in [1.54, 1.807) is 0 Å². The van der Waals surface area contributed by atoms with Crippen molar-refractivity contribution in [3.05, 3.63) is 11.1 Å². The van der Waals surface area contributed by atoms with Gasteiger partial charge in [0.25, 0.3) is 0 Å². The molecular weight excluding hydrogens is 172 g/mol. The van der Waals surface area contributed by atoms with Crippen LogP contribution in [0.1, 0.15) is 59.3 Å². The lowest BCUT2D eigenvalue weighted by atomic mass is 9.78.